The smallest absolute Gasteiger partial charge is 0.269 e. The largest absolute Gasteiger partial charge is 0.272 e. The number of nitrogens with zero attached hydrogens (tertiary/aromatic N) is 2. The number of benzene rings is 2. The summed E-state index contributed by atoms with van der Waals surface area (Å²) in [4.78, 5) is 21.7. The molecular weight excluding hydrogens is 348 g/mol. The number of nitrogens with one attached hydrogen (secondary N) is 2. The maximum atomic E-state index is 11.9. The SMILES string of the molecule is O=C(CNS(=O)(=O)c1ccccc1)N/N=C/c1ccc([N+](=O)[O-])cc1. The summed E-state index contributed by atoms with van der Waals surface area (Å²) in [6.45, 7) is -0.477. The molecule has 0 fully saturated rings. The number of hydrazone groups is 1. The van der Waals surface area contributed by atoms with Crippen LogP contribution in [0, 0.1) is 10.1 Å². The molecule has 0 aliphatic carbocycles. The summed E-state index contributed by atoms with van der Waals surface area (Å²) in [6.07, 6.45) is 1.29. The van der Waals surface area contributed by atoms with Gasteiger partial charge in [0.25, 0.3) is 11.6 Å². The average molecular weight is 362 g/mol. The van der Waals surface area contributed by atoms with Gasteiger partial charge in [0.05, 0.1) is 22.6 Å². The van der Waals surface area contributed by atoms with E-state index in [9.17, 15) is 23.3 Å². The summed E-state index contributed by atoms with van der Waals surface area (Å²) in [5.74, 6) is -0.655. The van der Waals surface area contributed by atoms with Crippen molar-refractivity contribution < 1.29 is 18.1 Å². The first-order valence-electron chi connectivity index (χ1n) is 6.99. The molecule has 1 amide bonds. The zero-order valence-corrected chi connectivity index (χ0v) is 13.6. The number of rotatable bonds is 7. The Morgan fingerprint density at radius 2 is 1.76 bits per heavy atom. The molecule has 130 valence electrons. The third-order valence-corrected chi connectivity index (χ3v) is 4.40. The minimum absolute atomic E-state index is 0.0529. The highest BCUT2D eigenvalue weighted by atomic mass is 32.2. The Balaban J connectivity index is 1.85. The lowest BCUT2D eigenvalue weighted by molar-refractivity contribution is -0.384. The fourth-order valence-corrected chi connectivity index (χ4v) is 2.75. The molecule has 0 unspecified atom stereocenters. The molecule has 0 saturated carbocycles. The van der Waals surface area contributed by atoms with Crippen molar-refractivity contribution in [2.45, 2.75) is 4.90 Å². The van der Waals surface area contributed by atoms with Crippen LogP contribution < -0.4 is 10.1 Å². The predicted octanol–water partition coefficient (Wildman–Crippen LogP) is 1.02. The second-order valence-electron chi connectivity index (χ2n) is 4.78. The van der Waals surface area contributed by atoms with E-state index in [0.29, 0.717) is 5.56 Å². The number of carbonyl (C=O) groups is 1. The van der Waals surface area contributed by atoms with Crippen LogP contribution in [0.1, 0.15) is 5.56 Å². The molecule has 9 nitrogen and oxygen atoms in total. The van der Waals surface area contributed by atoms with E-state index in [-0.39, 0.29) is 10.6 Å². The molecule has 0 atom stereocenters. The van der Waals surface area contributed by atoms with Gasteiger partial charge >= 0.3 is 0 Å². The highest BCUT2D eigenvalue weighted by Gasteiger charge is 2.14. The van der Waals surface area contributed by atoms with Gasteiger partial charge < -0.3 is 0 Å². The maximum absolute atomic E-state index is 11.9. The van der Waals surface area contributed by atoms with Crippen LogP contribution in [0.15, 0.2) is 64.6 Å². The molecule has 25 heavy (non-hydrogen) atoms. The van der Waals surface area contributed by atoms with Crippen molar-refractivity contribution in [1.82, 2.24) is 10.1 Å². The first-order valence-corrected chi connectivity index (χ1v) is 8.48. The van der Waals surface area contributed by atoms with Gasteiger partial charge in [-0.2, -0.15) is 5.10 Å². The van der Waals surface area contributed by atoms with Gasteiger partial charge in [0.15, 0.2) is 0 Å². The Hall–Kier alpha value is -3.11. The van der Waals surface area contributed by atoms with Gasteiger partial charge in [0, 0.05) is 12.1 Å². The highest BCUT2D eigenvalue weighted by Crippen LogP contribution is 2.10. The highest BCUT2D eigenvalue weighted by molar-refractivity contribution is 7.89. The van der Waals surface area contributed by atoms with Crippen LogP contribution in [-0.4, -0.2) is 32.0 Å². The minimum Gasteiger partial charge on any atom is -0.272 e. The summed E-state index contributed by atoms with van der Waals surface area (Å²) >= 11 is 0. The lowest BCUT2D eigenvalue weighted by atomic mass is 10.2. The van der Waals surface area contributed by atoms with Crippen LogP contribution in [-0.2, 0) is 14.8 Å². The zero-order valence-electron chi connectivity index (χ0n) is 12.8. The summed E-state index contributed by atoms with van der Waals surface area (Å²) in [7, 11) is -3.77. The van der Waals surface area contributed by atoms with E-state index in [1.807, 2.05) is 0 Å². The summed E-state index contributed by atoms with van der Waals surface area (Å²) in [5, 5.41) is 14.2. The Morgan fingerprint density at radius 1 is 1.12 bits per heavy atom. The van der Waals surface area contributed by atoms with Crippen LogP contribution in [0.3, 0.4) is 0 Å². The van der Waals surface area contributed by atoms with Gasteiger partial charge in [-0.15, -0.1) is 0 Å². The third-order valence-electron chi connectivity index (χ3n) is 2.98. The minimum atomic E-state index is -3.77. The van der Waals surface area contributed by atoms with Crippen molar-refractivity contribution in [3.05, 3.63) is 70.3 Å². The number of nitro benzene ring substituents is 1. The van der Waals surface area contributed by atoms with E-state index in [2.05, 4.69) is 15.2 Å². The first-order chi connectivity index (χ1) is 11.9. The van der Waals surface area contributed by atoms with Crippen LogP contribution in [0.2, 0.25) is 0 Å². The summed E-state index contributed by atoms with van der Waals surface area (Å²) in [6, 6.07) is 13.2. The van der Waals surface area contributed by atoms with Crippen LogP contribution in [0.4, 0.5) is 5.69 Å². The van der Waals surface area contributed by atoms with E-state index in [1.165, 1.54) is 42.6 Å². The van der Waals surface area contributed by atoms with Gasteiger partial charge in [-0.3, -0.25) is 14.9 Å². The molecule has 0 bridgehead atoms. The van der Waals surface area contributed by atoms with Crippen molar-refractivity contribution in [2.75, 3.05) is 6.54 Å². The fourth-order valence-electron chi connectivity index (χ4n) is 1.74. The number of non-ortho nitro benzene ring substituents is 1. The van der Waals surface area contributed by atoms with Crippen molar-refractivity contribution in [3.63, 3.8) is 0 Å². The van der Waals surface area contributed by atoms with Crippen LogP contribution in [0.25, 0.3) is 0 Å². The van der Waals surface area contributed by atoms with Gasteiger partial charge in [-0.05, 0) is 29.8 Å². The molecule has 0 radical (unpaired) electrons. The monoisotopic (exact) mass is 362 g/mol. The van der Waals surface area contributed by atoms with Gasteiger partial charge in [0.2, 0.25) is 10.0 Å². The number of nitro groups is 1. The molecule has 0 saturated heterocycles. The molecule has 0 aliphatic heterocycles. The zero-order chi connectivity index (χ0) is 18.3. The number of hydrogen-bond donors (Lipinski definition) is 2. The molecule has 0 aliphatic rings. The molecule has 2 aromatic carbocycles. The molecule has 0 aromatic heterocycles. The van der Waals surface area contributed by atoms with Crippen molar-refractivity contribution in [3.8, 4) is 0 Å². The number of carbonyl (C=O) groups excluding carboxylic acids is 1. The number of hydrogen-bond acceptors (Lipinski definition) is 6. The summed E-state index contributed by atoms with van der Waals surface area (Å²) < 4.78 is 26.0. The van der Waals surface area contributed by atoms with Crippen molar-refractivity contribution in [1.29, 1.82) is 0 Å². The first kappa shape index (κ1) is 18.2. The molecule has 0 spiro atoms. The normalized spacial score (nSPS) is 11.4. The second kappa shape index (κ2) is 8.13. The van der Waals surface area contributed by atoms with Crippen molar-refractivity contribution >= 4 is 27.8 Å². The molecule has 0 heterocycles. The lowest BCUT2D eigenvalue weighted by Crippen LogP contribution is -2.34. The average Bonchev–Trinajstić information content (AvgIpc) is 2.61. The van der Waals surface area contributed by atoms with Crippen molar-refractivity contribution in [2.24, 2.45) is 5.10 Å². The van der Waals surface area contributed by atoms with E-state index in [4.69, 9.17) is 0 Å². The standard InChI is InChI=1S/C15H14N4O5S/c20-15(11-17-25(23,24)14-4-2-1-3-5-14)18-16-10-12-6-8-13(9-7-12)19(21)22/h1-10,17H,11H2,(H,18,20)/b16-10+. The van der Waals surface area contributed by atoms with Gasteiger partial charge in [-0.1, -0.05) is 18.2 Å². The molecule has 2 N–H and O–H groups in total. The van der Waals surface area contributed by atoms with Crippen LogP contribution >= 0.6 is 0 Å². The summed E-state index contributed by atoms with van der Waals surface area (Å²) in [5.41, 5.74) is 2.64. The van der Waals surface area contributed by atoms with Gasteiger partial charge in [0.1, 0.15) is 0 Å². The number of amides is 1. The molecule has 10 heteroatoms. The molecule has 2 aromatic rings. The fraction of sp³-hybridized carbons (Fsp3) is 0.0667. The van der Waals surface area contributed by atoms with Crippen LogP contribution in [0.5, 0.6) is 0 Å². The Labute approximate surface area is 143 Å². The van der Waals surface area contributed by atoms with E-state index < -0.39 is 27.4 Å². The van der Waals surface area contributed by atoms with Gasteiger partial charge in [-0.25, -0.2) is 18.6 Å². The van der Waals surface area contributed by atoms with E-state index in [0.717, 1.165) is 0 Å². The van der Waals surface area contributed by atoms with E-state index in [1.54, 1.807) is 18.2 Å². The topological polar surface area (TPSA) is 131 Å². The Kier molecular flexibility index (Phi) is 5.93. The predicted molar refractivity (Wildman–Crippen MR) is 90.5 cm³/mol. The Morgan fingerprint density at radius 3 is 2.36 bits per heavy atom. The molecule has 2 rings (SSSR count). The second-order valence-corrected chi connectivity index (χ2v) is 6.55. The lowest BCUT2D eigenvalue weighted by Gasteiger charge is -2.05. The van der Waals surface area contributed by atoms with E-state index >= 15 is 0 Å². The maximum Gasteiger partial charge on any atom is 0.269 e. The third kappa shape index (κ3) is 5.48. The quantitative estimate of drug-likeness (QED) is 0.431. The number of sulfonamides is 1. The Bertz CT molecular complexity index is 880. The molecular formula is C15H14N4O5S.